The number of nitrogens with two attached hydrogens (primary N) is 1. The molecule has 2 amide bonds. The van der Waals surface area contributed by atoms with E-state index in [1.807, 2.05) is 12.1 Å². The van der Waals surface area contributed by atoms with Gasteiger partial charge in [-0.2, -0.15) is 0 Å². The van der Waals surface area contributed by atoms with E-state index in [1.165, 1.54) is 4.90 Å². The van der Waals surface area contributed by atoms with E-state index in [2.05, 4.69) is 15.9 Å². The van der Waals surface area contributed by atoms with Gasteiger partial charge in [0.2, 0.25) is 0 Å². The van der Waals surface area contributed by atoms with E-state index in [-0.39, 0.29) is 0 Å². The van der Waals surface area contributed by atoms with Crippen molar-refractivity contribution in [1.82, 2.24) is 9.80 Å². The van der Waals surface area contributed by atoms with Gasteiger partial charge in [0, 0.05) is 36.8 Å². The van der Waals surface area contributed by atoms with Crippen molar-refractivity contribution >= 4 is 33.4 Å². The summed E-state index contributed by atoms with van der Waals surface area (Å²) in [5.41, 5.74) is 7.33. The van der Waals surface area contributed by atoms with Gasteiger partial charge >= 0.3 is 11.8 Å². The standard InChI is InChI=1S/C12H14BrN3O2/c1-15-4-5-16(12(18)11(15)17)7-8-2-3-9(13)10(14)6-8/h2-3,6H,4-5,7,14H2,1H3. The molecule has 0 unspecified atom stereocenters. The SMILES string of the molecule is CN1CCN(Cc2ccc(Br)c(N)c2)C(=O)C1=O. The first-order chi connectivity index (χ1) is 8.49. The summed E-state index contributed by atoms with van der Waals surface area (Å²) < 4.78 is 0.826. The molecule has 6 heteroatoms. The molecule has 96 valence electrons. The zero-order valence-corrected chi connectivity index (χ0v) is 11.6. The number of amides is 2. The number of nitrogens with zero attached hydrogens (tertiary/aromatic N) is 2. The fraction of sp³-hybridized carbons (Fsp3) is 0.333. The fourth-order valence-electron chi connectivity index (χ4n) is 1.84. The monoisotopic (exact) mass is 311 g/mol. The maximum Gasteiger partial charge on any atom is 0.312 e. The largest absolute Gasteiger partial charge is 0.398 e. The first kappa shape index (κ1) is 12.9. The molecule has 18 heavy (non-hydrogen) atoms. The highest BCUT2D eigenvalue weighted by Gasteiger charge is 2.30. The van der Waals surface area contributed by atoms with Crippen LogP contribution >= 0.6 is 15.9 Å². The fourth-order valence-corrected chi connectivity index (χ4v) is 2.08. The summed E-state index contributed by atoms with van der Waals surface area (Å²) in [4.78, 5) is 26.3. The number of carbonyl (C=O) groups is 2. The number of piperazine rings is 1. The third-order valence-electron chi connectivity index (χ3n) is 2.96. The Labute approximate surface area is 114 Å². The van der Waals surface area contributed by atoms with E-state index in [9.17, 15) is 9.59 Å². The summed E-state index contributed by atoms with van der Waals surface area (Å²) in [6.07, 6.45) is 0. The Morgan fingerprint density at radius 1 is 1.28 bits per heavy atom. The van der Waals surface area contributed by atoms with E-state index >= 15 is 0 Å². The molecule has 1 aromatic carbocycles. The third kappa shape index (κ3) is 2.48. The molecule has 0 spiro atoms. The first-order valence-electron chi connectivity index (χ1n) is 5.57. The highest BCUT2D eigenvalue weighted by Crippen LogP contribution is 2.21. The number of halogens is 1. The van der Waals surface area contributed by atoms with E-state index in [4.69, 9.17) is 5.73 Å². The molecule has 1 aliphatic heterocycles. The van der Waals surface area contributed by atoms with Crippen molar-refractivity contribution in [3.8, 4) is 0 Å². The van der Waals surface area contributed by atoms with Gasteiger partial charge in [-0.05, 0) is 33.6 Å². The quantitative estimate of drug-likeness (QED) is 0.650. The molecule has 0 aliphatic carbocycles. The molecule has 1 fully saturated rings. The van der Waals surface area contributed by atoms with Crippen molar-refractivity contribution in [2.45, 2.75) is 6.54 Å². The summed E-state index contributed by atoms with van der Waals surface area (Å²) in [6, 6.07) is 5.53. The van der Waals surface area contributed by atoms with Crippen molar-refractivity contribution in [2.75, 3.05) is 25.9 Å². The molecule has 1 aromatic rings. The third-order valence-corrected chi connectivity index (χ3v) is 3.68. The molecule has 2 rings (SSSR count). The Hall–Kier alpha value is -1.56. The molecule has 0 atom stereocenters. The van der Waals surface area contributed by atoms with E-state index in [0.29, 0.717) is 25.3 Å². The minimum absolute atomic E-state index is 0.413. The van der Waals surface area contributed by atoms with Crippen LogP contribution in [0, 0.1) is 0 Å². The molecule has 1 aliphatic rings. The van der Waals surface area contributed by atoms with Gasteiger partial charge in [-0.25, -0.2) is 0 Å². The van der Waals surface area contributed by atoms with Crippen LogP contribution in [0.5, 0.6) is 0 Å². The smallest absolute Gasteiger partial charge is 0.312 e. The molecule has 0 radical (unpaired) electrons. The summed E-state index contributed by atoms with van der Waals surface area (Å²) in [5, 5.41) is 0. The Bertz CT molecular complexity index is 504. The van der Waals surface area contributed by atoms with Crippen LogP contribution in [0.25, 0.3) is 0 Å². The number of carbonyl (C=O) groups excluding carboxylic acids is 2. The number of hydrogen-bond donors (Lipinski definition) is 1. The topological polar surface area (TPSA) is 66.6 Å². The predicted octanol–water partition coefficient (Wildman–Crippen LogP) is 0.832. The Kier molecular flexibility index (Phi) is 3.56. The van der Waals surface area contributed by atoms with Crippen LogP contribution in [0.3, 0.4) is 0 Å². The molecular formula is C12H14BrN3O2. The van der Waals surface area contributed by atoms with Gasteiger partial charge in [0.15, 0.2) is 0 Å². The van der Waals surface area contributed by atoms with Gasteiger partial charge in [0.1, 0.15) is 0 Å². The summed E-state index contributed by atoms with van der Waals surface area (Å²) >= 11 is 3.32. The van der Waals surface area contributed by atoms with Crippen molar-refractivity contribution in [3.63, 3.8) is 0 Å². The van der Waals surface area contributed by atoms with Gasteiger partial charge < -0.3 is 15.5 Å². The van der Waals surface area contributed by atoms with Crippen LogP contribution in [0.15, 0.2) is 22.7 Å². The predicted molar refractivity (Wildman–Crippen MR) is 71.6 cm³/mol. The maximum absolute atomic E-state index is 11.8. The number of benzene rings is 1. The lowest BCUT2D eigenvalue weighted by molar-refractivity contribution is -0.155. The van der Waals surface area contributed by atoms with E-state index < -0.39 is 11.8 Å². The Morgan fingerprint density at radius 3 is 2.67 bits per heavy atom. The van der Waals surface area contributed by atoms with Gasteiger partial charge in [-0.3, -0.25) is 9.59 Å². The first-order valence-corrected chi connectivity index (χ1v) is 6.36. The minimum Gasteiger partial charge on any atom is -0.398 e. The highest BCUT2D eigenvalue weighted by atomic mass is 79.9. The molecule has 0 bridgehead atoms. The van der Waals surface area contributed by atoms with Gasteiger partial charge in [-0.15, -0.1) is 0 Å². The summed E-state index contributed by atoms with van der Waals surface area (Å²) in [6.45, 7) is 1.53. The van der Waals surface area contributed by atoms with Crippen molar-refractivity contribution in [2.24, 2.45) is 0 Å². The van der Waals surface area contributed by atoms with Gasteiger partial charge in [0.05, 0.1) is 0 Å². The molecule has 1 saturated heterocycles. The second kappa shape index (κ2) is 4.97. The zero-order chi connectivity index (χ0) is 13.3. The number of likely N-dealkylation sites (N-methyl/N-ethyl adjacent to an activating group) is 1. The molecular weight excluding hydrogens is 298 g/mol. The minimum atomic E-state index is -0.453. The number of rotatable bonds is 2. The van der Waals surface area contributed by atoms with Crippen LogP contribution in [0.2, 0.25) is 0 Å². The van der Waals surface area contributed by atoms with Crippen molar-refractivity contribution < 1.29 is 9.59 Å². The lowest BCUT2D eigenvalue weighted by Crippen LogP contribution is -2.52. The van der Waals surface area contributed by atoms with Crippen LogP contribution < -0.4 is 5.73 Å². The normalized spacial score (nSPS) is 16.3. The number of nitrogen functional groups attached to an aromatic ring is 1. The summed E-state index contributed by atoms with van der Waals surface area (Å²) in [5.74, 6) is -0.906. The van der Waals surface area contributed by atoms with E-state index in [0.717, 1.165) is 10.0 Å². The molecule has 0 saturated carbocycles. The Morgan fingerprint density at radius 2 is 2.00 bits per heavy atom. The van der Waals surface area contributed by atoms with Crippen LogP contribution in [0.1, 0.15) is 5.56 Å². The van der Waals surface area contributed by atoms with Crippen LogP contribution in [-0.2, 0) is 16.1 Å². The summed E-state index contributed by atoms with van der Waals surface area (Å²) in [7, 11) is 1.63. The number of hydrogen-bond acceptors (Lipinski definition) is 3. The second-order valence-corrected chi connectivity index (χ2v) is 5.16. The maximum atomic E-state index is 11.8. The highest BCUT2D eigenvalue weighted by molar-refractivity contribution is 9.10. The van der Waals surface area contributed by atoms with Gasteiger partial charge in [0.25, 0.3) is 0 Å². The lowest BCUT2D eigenvalue weighted by atomic mass is 10.1. The lowest BCUT2D eigenvalue weighted by Gasteiger charge is -2.31. The molecule has 2 N–H and O–H groups in total. The molecule has 5 nitrogen and oxygen atoms in total. The van der Waals surface area contributed by atoms with Gasteiger partial charge in [-0.1, -0.05) is 6.07 Å². The van der Waals surface area contributed by atoms with E-state index in [1.54, 1.807) is 18.0 Å². The van der Waals surface area contributed by atoms with Crippen LogP contribution in [0.4, 0.5) is 5.69 Å². The van der Waals surface area contributed by atoms with Crippen molar-refractivity contribution in [1.29, 1.82) is 0 Å². The molecule has 0 aromatic heterocycles. The Balaban J connectivity index is 2.12. The molecule has 1 heterocycles. The van der Waals surface area contributed by atoms with Crippen molar-refractivity contribution in [3.05, 3.63) is 28.2 Å². The average molecular weight is 312 g/mol. The zero-order valence-electron chi connectivity index (χ0n) is 10.0. The van der Waals surface area contributed by atoms with Crippen LogP contribution in [-0.4, -0.2) is 41.8 Å². The number of anilines is 1. The average Bonchev–Trinajstić information content (AvgIpc) is 2.34. The second-order valence-electron chi connectivity index (χ2n) is 4.31.